The van der Waals surface area contributed by atoms with E-state index in [1.807, 2.05) is 12.1 Å². The number of furan rings is 2. The number of fused-ring (bicyclic) bond motifs is 14. The number of allylic oxidation sites excluding steroid dienone is 1. The minimum Gasteiger partial charge on any atom is -0.456 e. The summed E-state index contributed by atoms with van der Waals surface area (Å²) >= 11 is 0. The third kappa shape index (κ3) is 6.15. The van der Waals surface area contributed by atoms with Gasteiger partial charge in [0.25, 0.3) is 0 Å². The molecule has 5 heterocycles. The fourth-order valence-electron chi connectivity index (χ4n) is 12.2. The average Bonchev–Trinajstić information content (AvgIpc) is 4.19. The largest absolute Gasteiger partial charge is 0.456 e. The predicted octanol–water partition coefficient (Wildman–Crippen LogP) is 17.9. The van der Waals surface area contributed by atoms with Gasteiger partial charge in [-0.25, -0.2) is 0 Å². The Morgan fingerprint density at radius 2 is 1.03 bits per heavy atom. The molecule has 0 aliphatic carbocycles. The smallest absolute Gasteiger partial charge is 0.145 e. The third-order valence-corrected chi connectivity index (χ3v) is 15.7. The maximum atomic E-state index is 7.08. The number of rotatable bonds is 5. The molecule has 0 saturated heterocycles. The molecule has 16 rings (SSSR count). The summed E-state index contributed by atoms with van der Waals surface area (Å²) in [6, 6.07) is 81.0. The highest BCUT2D eigenvalue weighted by atomic mass is 16.3. The van der Waals surface area contributed by atoms with Crippen LogP contribution < -0.4 is 5.32 Å². The summed E-state index contributed by atoms with van der Waals surface area (Å²) in [5.41, 5.74) is 16.5. The highest BCUT2D eigenvalue weighted by Crippen LogP contribution is 2.44. The normalized spacial score (nSPS) is 14.5. The molecule has 6 nitrogen and oxygen atoms in total. The summed E-state index contributed by atoms with van der Waals surface area (Å²) in [6.07, 6.45) is 0.142. The second-order valence-electron chi connectivity index (χ2n) is 20.0. The van der Waals surface area contributed by atoms with E-state index >= 15 is 0 Å². The first-order valence-corrected chi connectivity index (χ1v) is 25.4. The Balaban J connectivity index is 0.966. The molecule has 1 atom stereocenters. The van der Waals surface area contributed by atoms with Crippen LogP contribution in [-0.2, 0) is 0 Å². The van der Waals surface area contributed by atoms with Crippen molar-refractivity contribution in [1.82, 2.24) is 14.5 Å². The van der Waals surface area contributed by atoms with Crippen LogP contribution in [0.2, 0.25) is 0 Å². The Labute approximate surface area is 424 Å². The van der Waals surface area contributed by atoms with E-state index in [9.17, 15) is 0 Å². The van der Waals surface area contributed by atoms with Gasteiger partial charge in [0.2, 0.25) is 0 Å². The predicted molar refractivity (Wildman–Crippen MR) is 307 cm³/mol. The van der Waals surface area contributed by atoms with Crippen LogP contribution in [0, 0.1) is 0 Å². The Morgan fingerprint density at radius 3 is 1.82 bits per heavy atom. The summed E-state index contributed by atoms with van der Waals surface area (Å²) in [5.74, 6) is 0. The zero-order chi connectivity index (χ0) is 48.6. The van der Waals surface area contributed by atoms with Gasteiger partial charge >= 0.3 is 0 Å². The van der Waals surface area contributed by atoms with Crippen LogP contribution in [0.4, 0.5) is 0 Å². The zero-order valence-electron chi connectivity index (χ0n) is 40.3. The van der Waals surface area contributed by atoms with Crippen molar-refractivity contribution in [2.24, 2.45) is 4.99 Å². The Hall–Kier alpha value is -9.65. The van der Waals surface area contributed by atoms with Crippen LogP contribution in [0.25, 0.3) is 126 Å². The van der Waals surface area contributed by atoms with Gasteiger partial charge in [0.05, 0.1) is 33.1 Å². The van der Waals surface area contributed by atoms with Gasteiger partial charge in [0.1, 0.15) is 28.5 Å². The molecule has 0 radical (unpaired) electrons. The molecule has 0 amide bonds. The maximum absolute atomic E-state index is 7.08. The third-order valence-electron chi connectivity index (χ3n) is 15.7. The van der Waals surface area contributed by atoms with Crippen LogP contribution in [0.3, 0.4) is 0 Å². The standard InChI is InChI=1S/C68H44N4O2/c1-40-31-56(47-37-61(66-55-33-42-16-6-8-18-44(42)38-64(55)74-65(66)39-47)72-58-25-13-10-22-50(58)53-32-41-15-5-7-17-43(41)35-60(53)72)69-68(70-67(40)45-28-30-63-54(34-45)52-23-11-14-26-62(52)73-63)46-27-29-51-49-21-9-12-24-57(49)71(59(51)36-46)48-19-3-2-4-20-48/h2-30,32-39,68,70H,31H2,1H3. The summed E-state index contributed by atoms with van der Waals surface area (Å²) in [5, 5.41) is 18.0. The number of aliphatic imine (C=N–C) groups is 1. The van der Waals surface area contributed by atoms with E-state index < -0.39 is 6.17 Å². The molecule has 0 saturated carbocycles. The molecule has 4 aromatic heterocycles. The summed E-state index contributed by atoms with van der Waals surface area (Å²) in [4.78, 5) is 5.89. The first-order valence-electron chi connectivity index (χ1n) is 25.4. The monoisotopic (exact) mass is 948 g/mol. The van der Waals surface area contributed by atoms with E-state index in [2.05, 4.69) is 234 Å². The quantitative estimate of drug-likeness (QED) is 0.187. The van der Waals surface area contributed by atoms with E-state index in [1.165, 1.54) is 48.8 Å². The Morgan fingerprint density at radius 1 is 0.419 bits per heavy atom. The zero-order valence-corrected chi connectivity index (χ0v) is 40.3. The van der Waals surface area contributed by atoms with Crippen LogP contribution in [0.1, 0.15) is 36.2 Å². The van der Waals surface area contributed by atoms with Crippen LogP contribution in [-0.4, -0.2) is 14.8 Å². The first-order chi connectivity index (χ1) is 36.6. The molecular formula is C68H44N4O2. The van der Waals surface area contributed by atoms with Crippen LogP contribution in [0.5, 0.6) is 0 Å². The molecule has 1 unspecified atom stereocenters. The molecule has 1 aliphatic heterocycles. The van der Waals surface area contributed by atoms with E-state index in [-0.39, 0.29) is 0 Å². The molecule has 0 spiro atoms. The van der Waals surface area contributed by atoms with Crippen molar-refractivity contribution in [3.63, 3.8) is 0 Å². The van der Waals surface area contributed by atoms with E-state index in [0.717, 1.165) is 105 Å². The summed E-state index contributed by atoms with van der Waals surface area (Å²) < 4.78 is 18.3. The maximum Gasteiger partial charge on any atom is 0.145 e. The second-order valence-corrected chi connectivity index (χ2v) is 20.0. The number of hydrogen-bond donors (Lipinski definition) is 1. The lowest BCUT2D eigenvalue weighted by atomic mass is 9.97. The molecule has 1 aliphatic rings. The molecule has 0 bridgehead atoms. The summed E-state index contributed by atoms with van der Waals surface area (Å²) in [7, 11) is 0. The number of hydrogen-bond acceptors (Lipinski definition) is 4. The molecule has 15 aromatic rings. The van der Waals surface area contributed by atoms with Crippen molar-refractivity contribution in [3.05, 3.63) is 247 Å². The lowest BCUT2D eigenvalue weighted by Gasteiger charge is -2.20. The second kappa shape index (κ2) is 15.7. The number of aromatic nitrogens is 2. The minimum absolute atomic E-state index is 0.458. The Kier molecular flexibility index (Phi) is 8.69. The van der Waals surface area contributed by atoms with Gasteiger partial charge in [-0.05, 0) is 136 Å². The molecule has 74 heavy (non-hydrogen) atoms. The summed E-state index contributed by atoms with van der Waals surface area (Å²) in [6.45, 7) is 2.25. The minimum atomic E-state index is -0.458. The van der Waals surface area contributed by atoms with Gasteiger partial charge in [-0.3, -0.25) is 4.99 Å². The molecular weight excluding hydrogens is 905 g/mol. The lowest BCUT2D eigenvalue weighted by Crippen LogP contribution is -2.19. The van der Waals surface area contributed by atoms with E-state index in [1.54, 1.807) is 0 Å². The molecule has 11 aromatic carbocycles. The van der Waals surface area contributed by atoms with Gasteiger partial charge in [-0.2, -0.15) is 0 Å². The fourth-order valence-corrected chi connectivity index (χ4v) is 12.2. The molecule has 348 valence electrons. The van der Waals surface area contributed by atoms with Crippen molar-refractivity contribution in [2.45, 2.75) is 19.5 Å². The lowest BCUT2D eigenvalue weighted by molar-refractivity contribution is 0.667. The number of benzene rings is 11. The van der Waals surface area contributed by atoms with Gasteiger partial charge in [0, 0.05) is 66.8 Å². The van der Waals surface area contributed by atoms with E-state index in [0.29, 0.717) is 6.42 Å². The molecule has 0 fully saturated rings. The topological polar surface area (TPSA) is 60.5 Å². The van der Waals surface area contributed by atoms with Crippen LogP contribution >= 0.6 is 0 Å². The number of nitrogens with one attached hydrogen (secondary N) is 1. The highest BCUT2D eigenvalue weighted by Gasteiger charge is 2.27. The van der Waals surface area contributed by atoms with E-state index in [4.69, 9.17) is 13.8 Å². The number of nitrogens with zero attached hydrogens (tertiary/aromatic N) is 3. The van der Waals surface area contributed by atoms with Crippen molar-refractivity contribution < 1.29 is 8.83 Å². The van der Waals surface area contributed by atoms with Gasteiger partial charge < -0.3 is 23.3 Å². The molecule has 6 heteroatoms. The fraction of sp³-hybridized carbons (Fsp3) is 0.0441. The highest BCUT2D eigenvalue weighted by molar-refractivity contribution is 6.20. The van der Waals surface area contributed by atoms with Gasteiger partial charge in [-0.1, -0.05) is 133 Å². The number of para-hydroxylation sites is 4. The van der Waals surface area contributed by atoms with Crippen molar-refractivity contribution in [2.75, 3.05) is 0 Å². The Bertz CT molecular complexity index is 4930. The molecule has 1 N–H and O–H groups in total. The van der Waals surface area contributed by atoms with Crippen molar-refractivity contribution >= 4 is 120 Å². The van der Waals surface area contributed by atoms with Crippen LogP contribution in [0.15, 0.2) is 244 Å². The first kappa shape index (κ1) is 41.0. The van der Waals surface area contributed by atoms with Gasteiger partial charge in [0.15, 0.2) is 0 Å². The SMILES string of the molecule is CC1=C(c2ccc3oc4ccccc4c3c2)NC(c2ccc3c4ccccc4n(-c4ccccc4)c3c2)N=C(c2cc(-n3c4ccccc4c4cc5ccccc5cc43)c3c(c2)oc2cc4ccccc4cc23)C1. The van der Waals surface area contributed by atoms with Gasteiger partial charge in [-0.15, -0.1) is 0 Å². The van der Waals surface area contributed by atoms with Crippen molar-refractivity contribution in [1.29, 1.82) is 0 Å². The average molecular weight is 949 g/mol. The van der Waals surface area contributed by atoms with Crippen molar-refractivity contribution in [3.8, 4) is 11.4 Å².